The molecule has 1 fully saturated rings. The standard InChI is InChI=1S/C21H21N5O2/c1-13-17(20(27)23-11-16-10-14-4-5-15(16)9-14)12-24-26(13)21-22-7-6-18(25-21)19-3-2-8-28-19/h2-8,12,14-16H,9-11H2,1H3,(H,23,27)/t14-,15+,16-/m1/s1. The fourth-order valence-corrected chi connectivity index (χ4v) is 4.29. The van der Waals surface area contributed by atoms with Crippen molar-refractivity contribution in [3.63, 3.8) is 0 Å². The molecule has 1 amide bonds. The fourth-order valence-electron chi connectivity index (χ4n) is 4.29. The summed E-state index contributed by atoms with van der Waals surface area (Å²) in [5.41, 5.74) is 1.92. The fraction of sp³-hybridized carbons (Fsp3) is 0.333. The number of fused-ring (bicyclic) bond motifs is 2. The van der Waals surface area contributed by atoms with Crippen molar-refractivity contribution in [3.05, 3.63) is 60.3 Å². The Morgan fingerprint density at radius 3 is 3.00 bits per heavy atom. The number of hydrogen-bond acceptors (Lipinski definition) is 5. The molecule has 3 heterocycles. The summed E-state index contributed by atoms with van der Waals surface area (Å²) in [4.78, 5) is 21.5. The number of nitrogens with zero attached hydrogens (tertiary/aromatic N) is 4. The van der Waals surface area contributed by atoms with E-state index in [1.165, 1.54) is 12.8 Å². The summed E-state index contributed by atoms with van der Waals surface area (Å²) >= 11 is 0. The van der Waals surface area contributed by atoms with Gasteiger partial charge in [-0.25, -0.2) is 14.6 Å². The molecular formula is C21H21N5O2. The zero-order valence-electron chi connectivity index (χ0n) is 15.6. The highest BCUT2D eigenvalue weighted by atomic mass is 16.3. The molecule has 7 nitrogen and oxygen atoms in total. The third kappa shape index (κ3) is 2.93. The molecule has 3 aromatic heterocycles. The minimum Gasteiger partial charge on any atom is -0.463 e. The lowest BCUT2D eigenvalue weighted by molar-refractivity contribution is 0.0944. The maximum Gasteiger partial charge on any atom is 0.254 e. The lowest BCUT2D eigenvalue weighted by Crippen LogP contribution is -2.31. The first-order valence-electron chi connectivity index (χ1n) is 9.57. The van der Waals surface area contributed by atoms with Gasteiger partial charge in [-0.15, -0.1) is 0 Å². The van der Waals surface area contributed by atoms with Gasteiger partial charge in [0.15, 0.2) is 5.76 Å². The first kappa shape index (κ1) is 16.9. The molecule has 2 bridgehead atoms. The lowest BCUT2D eigenvalue weighted by Gasteiger charge is -2.18. The summed E-state index contributed by atoms with van der Waals surface area (Å²) in [5, 5.41) is 7.42. The van der Waals surface area contributed by atoms with E-state index in [2.05, 4.69) is 32.5 Å². The van der Waals surface area contributed by atoms with Crippen LogP contribution in [-0.2, 0) is 0 Å². The quantitative estimate of drug-likeness (QED) is 0.692. The molecular weight excluding hydrogens is 354 g/mol. The van der Waals surface area contributed by atoms with Crippen molar-refractivity contribution in [2.45, 2.75) is 19.8 Å². The first-order chi connectivity index (χ1) is 13.7. The van der Waals surface area contributed by atoms with E-state index < -0.39 is 0 Å². The Morgan fingerprint density at radius 2 is 2.25 bits per heavy atom. The molecule has 0 radical (unpaired) electrons. The molecule has 0 aliphatic heterocycles. The number of nitrogens with one attached hydrogen (secondary N) is 1. The molecule has 5 rings (SSSR count). The van der Waals surface area contributed by atoms with Crippen molar-refractivity contribution in [2.24, 2.45) is 17.8 Å². The SMILES string of the molecule is Cc1c(C(=O)NC[C@H]2C[C@@H]3C=C[C@H]2C3)cnn1-c1nccc(-c2ccco2)n1. The number of carbonyl (C=O) groups is 1. The molecule has 1 N–H and O–H groups in total. The number of allylic oxidation sites excluding steroid dienone is 2. The number of aromatic nitrogens is 4. The van der Waals surface area contributed by atoms with Crippen LogP contribution in [0.25, 0.3) is 17.4 Å². The second kappa shape index (κ2) is 6.74. The van der Waals surface area contributed by atoms with Gasteiger partial charge in [0.25, 0.3) is 11.9 Å². The van der Waals surface area contributed by atoms with Gasteiger partial charge in [-0.3, -0.25) is 4.79 Å². The molecule has 3 aromatic rings. The van der Waals surface area contributed by atoms with E-state index in [1.807, 2.05) is 19.1 Å². The van der Waals surface area contributed by atoms with Gasteiger partial charge in [-0.2, -0.15) is 5.10 Å². The smallest absolute Gasteiger partial charge is 0.254 e. The van der Waals surface area contributed by atoms with Gasteiger partial charge in [-0.1, -0.05) is 12.2 Å². The van der Waals surface area contributed by atoms with E-state index in [4.69, 9.17) is 4.42 Å². The van der Waals surface area contributed by atoms with Crippen LogP contribution in [0.4, 0.5) is 0 Å². The van der Waals surface area contributed by atoms with Gasteiger partial charge < -0.3 is 9.73 Å². The molecule has 0 spiro atoms. The Bertz CT molecular complexity index is 1040. The van der Waals surface area contributed by atoms with Crippen LogP contribution in [0.5, 0.6) is 0 Å². The third-order valence-corrected chi connectivity index (χ3v) is 5.80. The Hall–Kier alpha value is -3.22. The van der Waals surface area contributed by atoms with Crippen molar-refractivity contribution in [3.8, 4) is 17.4 Å². The van der Waals surface area contributed by atoms with Gasteiger partial charge >= 0.3 is 0 Å². The summed E-state index contributed by atoms with van der Waals surface area (Å²) in [6, 6.07) is 5.43. The Morgan fingerprint density at radius 1 is 1.32 bits per heavy atom. The highest BCUT2D eigenvalue weighted by Crippen LogP contribution is 2.42. The van der Waals surface area contributed by atoms with Gasteiger partial charge in [0.05, 0.1) is 23.7 Å². The van der Waals surface area contributed by atoms with E-state index in [0.29, 0.717) is 53.0 Å². The lowest BCUT2D eigenvalue weighted by atomic mass is 9.93. The molecule has 1 saturated carbocycles. The topological polar surface area (TPSA) is 85.8 Å². The monoisotopic (exact) mass is 375 g/mol. The average molecular weight is 375 g/mol. The van der Waals surface area contributed by atoms with E-state index in [0.717, 1.165) is 0 Å². The van der Waals surface area contributed by atoms with E-state index in [1.54, 1.807) is 29.4 Å². The Labute approximate surface area is 162 Å². The summed E-state index contributed by atoms with van der Waals surface area (Å²) in [5.74, 6) is 2.83. The zero-order chi connectivity index (χ0) is 19.1. The number of carbonyl (C=O) groups excluding carboxylic acids is 1. The molecule has 0 aromatic carbocycles. The molecule has 142 valence electrons. The summed E-state index contributed by atoms with van der Waals surface area (Å²) in [6.45, 7) is 2.56. The second-order valence-electron chi connectivity index (χ2n) is 7.52. The minimum absolute atomic E-state index is 0.0994. The Balaban J connectivity index is 1.32. The van der Waals surface area contributed by atoms with Crippen molar-refractivity contribution in [2.75, 3.05) is 6.54 Å². The highest BCUT2D eigenvalue weighted by molar-refractivity contribution is 5.95. The maximum atomic E-state index is 12.7. The van der Waals surface area contributed by atoms with Crippen molar-refractivity contribution < 1.29 is 9.21 Å². The van der Waals surface area contributed by atoms with Crippen LogP contribution in [0.3, 0.4) is 0 Å². The molecule has 3 atom stereocenters. The number of hydrogen-bond donors (Lipinski definition) is 1. The largest absolute Gasteiger partial charge is 0.463 e. The maximum absolute atomic E-state index is 12.7. The highest BCUT2D eigenvalue weighted by Gasteiger charge is 2.35. The Kier molecular flexibility index (Phi) is 4.07. The summed E-state index contributed by atoms with van der Waals surface area (Å²) < 4.78 is 6.98. The van der Waals surface area contributed by atoms with Crippen molar-refractivity contribution in [1.29, 1.82) is 0 Å². The molecule has 0 unspecified atom stereocenters. The molecule has 0 saturated heterocycles. The number of furan rings is 1. The van der Waals surface area contributed by atoms with Crippen LogP contribution < -0.4 is 5.32 Å². The van der Waals surface area contributed by atoms with Crippen LogP contribution in [0.1, 0.15) is 28.9 Å². The number of amides is 1. The molecule has 28 heavy (non-hydrogen) atoms. The van der Waals surface area contributed by atoms with Gasteiger partial charge in [0.2, 0.25) is 0 Å². The predicted octanol–water partition coefficient (Wildman–Crippen LogP) is 3.17. The van der Waals surface area contributed by atoms with E-state index in [9.17, 15) is 4.79 Å². The van der Waals surface area contributed by atoms with Crippen LogP contribution >= 0.6 is 0 Å². The van der Waals surface area contributed by atoms with Gasteiger partial charge in [0, 0.05) is 12.7 Å². The minimum atomic E-state index is -0.0994. The van der Waals surface area contributed by atoms with E-state index >= 15 is 0 Å². The van der Waals surface area contributed by atoms with Crippen molar-refractivity contribution in [1.82, 2.24) is 25.1 Å². The van der Waals surface area contributed by atoms with Crippen LogP contribution in [0, 0.1) is 24.7 Å². The summed E-state index contributed by atoms with van der Waals surface area (Å²) in [7, 11) is 0. The molecule has 2 aliphatic carbocycles. The van der Waals surface area contributed by atoms with Gasteiger partial charge in [-0.05, 0) is 55.7 Å². The predicted molar refractivity (Wildman–Crippen MR) is 103 cm³/mol. The normalized spacial score (nSPS) is 22.7. The zero-order valence-corrected chi connectivity index (χ0v) is 15.6. The van der Waals surface area contributed by atoms with Crippen LogP contribution in [0.15, 0.2) is 53.4 Å². The van der Waals surface area contributed by atoms with Gasteiger partial charge in [0.1, 0.15) is 5.69 Å². The first-order valence-corrected chi connectivity index (χ1v) is 9.57. The third-order valence-electron chi connectivity index (χ3n) is 5.80. The van der Waals surface area contributed by atoms with Crippen molar-refractivity contribution >= 4 is 5.91 Å². The van der Waals surface area contributed by atoms with E-state index in [-0.39, 0.29) is 5.91 Å². The molecule has 2 aliphatic rings. The van der Waals surface area contributed by atoms with Crippen LogP contribution in [0.2, 0.25) is 0 Å². The summed E-state index contributed by atoms with van der Waals surface area (Å²) in [6.07, 6.45) is 11.9. The second-order valence-corrected chi connectivity index (χ2v) is 7.52. The van der Waals surface area contributed by atoms with Crippen LogP contribution in [-0.4, -0.2) is 32.2 Å². The average Bonchev–Trinajstić information content (AvgIpc) is 3.50. The molecule has 7 heteroatoms. The number of rotatable bonds is 5.